The number of hydrogen-bond donors (Lipinski definition) is 1. The second-order valence-corrected chi connectivity index (χ2v) is 6.02. The van der Waals surface area contributed by atoms with Crippen molar-refractivity contribution in [3.05, 3.63) is 39.8 Å². The maximum Gasteiger partial charge on any atom is 0.228 e. The zero-order valence-corrected chi connectivity index (χ0v) is 12.8. The minimum absolute atomic E-state index is 0.222. The van der Waals surface area contributed by atoms with E-state index in [0.29, 0.717) is 10.7 Å². The number of carbonyl (C=O) groups is 2. The Bertz CT molecular complexity index is 556. The quantitative estimate of drug-likeness (QED) is 0.902. The lowest BCUT2D eigenvalue weighted by Gasteiger charge is -2.29. The van der Waals surface area contributed by atoms with E-state index < -0.39 is 17.8 Å². The normalized spacial score (nSPS) is 22.0. The van der Waals surface area contributed by atoms with Crippen molar-refractivity contribution in [2.24, 2.45) is 11.8 Å². The second-order valence-electron chi connectivity index (χ2n) is 4.62. The summed E-state index contributed by atoms with van der Waals surface area (Å²) >= 11 is 9.21. The first-order chi connectivity index (χ1) is 9.47. The number of allylic oxidation sites excluding steroid dienone is 2. The summed E-state index contributed by atoms with van der Waals surface area (Å²) in [5.41, 5.74) is 0.612. The third-order valence-corrected chi connectivity index (χ3v) is 4.08. The number of carboxylic acids is 1. The zero-order chi connectivity index (χ0) is 14.7. The lowest BCUT2D eigenvalue weighted by atomic mass is 9.82. The van der Waals surface area contributed by atoms with Gasteiger partial charge in [0.25, 0.3) is 0 Å². The summed E-state index contributed by atoms with van der Waals surface area (Å²) < 4.78 is 0.895. The number of carboxylic acid groups (broad SMARTS) is 1. The molecule has 0 saturated heterocycles. The monoisotopic (exact) mass is 356 g/mol. The Labute approximate surface area is 129 Å². The molecule has 0 aromatic heterocycles. The molecule has 0 radical (unpaired) electrons. The summed E-state index contributed by atoms with van der Waals surface area (Å²) in [5.74, 6) is -3.12. The highest BCUT2D eigenvalue weighted by molar-refractivity contribution is 9.10. The number of carbonyl (C=O) groups excluding carboxylic acids is 2. The first kappa shape index (κ1) is 15.1. The number of anilines is 1. The number of halogens is 2. The summed E-state index contributed by atoms with van der Waals surface area (Å²) in [6, 6.07) is 7.05. The third kappa shape index (κ3) is 3.61. The van der Waals surface area contributed by atoms with Crippen molar-refractivity contribution < 1.29 is 14.7 Å². The molecule has 4 nitrogen and oxygen atoms in total. The van der Waals surface area contributed by atoms with Crippen LogP contribution in [0.1, 0.15) is 12.8 Å². The molecule has 1 amide bonds. The molecule has 20 heavy (non-hydrogen) atoms. The maximum atomic E-state index is 12.2. The predicted octanol–water partition coefficient (Wildman–Crippen LogP) is 2.29. The Morgan fingerprint density at radius 2 is 1.90 bits per heavy atom. The maximum absolute atomic E-state index is 12.2. The smallest absolute Gasteiger partial charge is 0.228 e. The van der Waals surface area contributed by atoms with Gasteiger partial charge in [0.2, 0.25) is 5.91 Å². The largest absolute Gasteiger partial charge is 0.550 e. The number of nitrogens with one attached hydrogen (secondary N) is 1. The van der Waals surface area contributed by atoms with Crippen molar-refractivity contribution in [1.82, 2.24) is 0 Å². The van der Waals surface area contributed by atoms with E-state index in [1.54, 1.807) is 30.3 Å². The summed E-state index contributed by atoms with van der Waals surface area (Å²) in [5, 5.41) is 14.3. The lowest BCUT2D eigenvalue weighted by molar-refractivity contribution is -0.313. The summed E-state index contributed by atoms with van der Waals surface area (Å²) in [6.07, 6.45) is 2.08. The fourth-order valence-electron chi connectivity index (χ4n) is 2.16. The van der Waals surface area contributed by atoms with Crippen LogP contribution in [0, 0.1) is 11.8 Å². The number of benzene rings is 1. The molecule has 1 aromatic carbocycles. The van der Waals surface area contributed by atoms with Gasteiger partial charge in [0.05, 0.1) is 5.92 Å². The number of hydrogen-bond acceptors (Lipinski definition) is 3. The van der Waals surface area contributed by atoms with Crippen molar-refractivity contribution in [1.29, 1.82) is 0 Å². The Kier molecular flexibility index (Phi) is 4.83. The fraction of sp³-hybridized carbons (Fsp3) is 0.286. The highest BCUT2D eigenvalue weighted by Crippen LogP contribution is 2.32. The van der Waals surface area contributed by atoms with E-state index in [0.717, 1.165) is 4.47 Å². The van der Waals surface area contributed by atoms with Crippen LogP contribution in [0.4, 0.5) is 5.69 Å². The lowest BCUT2D eigenvalue weighted by Crippen LogP contribution is -2.42. The van der Waals surface area contributed by atoms with Crippen LogP contribution in [0.5, 0.6) is 0 Å². The van der Waals surface area contributed by atoms with Gasteiger partial charge in [-0.1, -0.05) is 33.6 Å². The molecule has 0 saturated carbocycles. The van der Waals surface area contributed by atoms with E-state index in [9.17, 15) is 14.7 Å². The van der Waals surface area contributed by atoms with Crippen LogP contribution >= 0.6 is 27.5 Å². The molecular formula is C14H12BrClNO3-. The molecule has 2 rings (SSSR count). The van der Waals surface area contributed by atoms with Crippen LogP contribution in [0.15, 0.2) is 39.8 Å². The Morgan fingerprint density at radius 3 is 2.50 bits per heavy atom. The van der Waals surface area contributed by atoms with E-state index in [-0.39, 0.29) is 18.7 Å². The molecule has 0 unspecified atom stereocenters. The van der Waals surface area contributed by atoms with Crippen LogP contribution in [0.3, 0.4) is 0 Å². The minimum atomic E-state index is -1.22. The van der Waals surface area contributed by atoms with Crippen LogP contribution < -0.4 is 10.4 Å². The van der Waals surface area contributed by atoms with Gasteiger partial charge >= 0.3 is 0 Å². The second kappa shape index (κ2) is 6.41. The Morgan fingerprint density at radius 1 is 1.25 bits per heavy atom. The van der Waals surface area contributed by atoms with Gasteiger partial charge in [-0.3, -0.25) is 4.79 Å². The Balaban J connectivity index is 2.12. The average molecular weight is 358 g/mol. The highest BCUT2D eigenvalue weighted by Gasteiger charge is 2.32. The van der Waals surface area contributed by atoms with Gasteiger partial charge < -0.3 is 15.2 Å². The van der Waals surface area contributed by atoms with Crippen LogP contribution in [0.2, 0.25) is 0 Å². The molecule has 2 atom stereocenters. The standard InChI is InChI=1S/C14H13BrClNO3/c15-8-1-4-10(5-2-8)17-13(18)12-7-9(16)3-6-11(12)14(19)20/h1-5,11-12H,6-7H2,(H,17,18)(H,19,20)/p-1/t11-,12+/m1/s1. The van der Waals surface area contributed by atoms with Gasteiger partial charge in [-0.25, -0.2) is 0 Å². The van der Waals surface area contributed by atoms with Crippen molar-refractivity contribution in [2.45, 2.75) is 12.8 Å². The van der Waals surface area contributed by atoms with Gasteiger partial charge in [-0.15, -0.1) is 0 Å². The summed E-state index contributed by atoms with van der Waals surface area (Å²) in [6.45, 7) is 0. The number of aliphatic carboxylic acids is 1. The van der Waals surface area contributed by atoms with Gasteiger partial charge in [-0.05, 0) is 37.1 Å². The Hall–Kier alpha value is -1.33. The molecule has 6 heteroatoms. The van der Waals surface area contributed by atoms with Crippen molar-refractivity contribution in [3.8, 4) is 0 Å². The molecule has 106 valence electrons. The molecule has 0 spiro atoms. The van der Waals surface area contributed by atoms with Crippen molar-refractivity contribution in [2.75, 3.05) is 5.32 Å². The van der Waals surface area contributed by atoms with Gasteiger partial charge in [-0.2, -0.15) is 0 Å². The minimum Gasteiger partial charge on any atom is -0.550 e. The topological polar surface area (TPSA) is 69.2 Å². The molecular weight excluding hydrogens is 346 g/mol. The molecule has 1 aliphatic rings. The van der Waals surface area contributed by atoms with Crippen LogP contribution in [-0.2, 0) is 9.59 Å². The summed E-state index contributed by atoms with van der Waals surface area (Å²) in [7, 11) is 0. The molecule has 0 fully saturated rings. The average Bonchev–Trinajstić information content (AvgIpc) is 2.41. The molecule has 1 aliphatic carbocycles. The number of rotatable bonds is 3. The van der Waals surface area contributed by atoms with E-state index >= 15 is 0 Å². The van der Waals surface area contributed by atoms with Gasteiger partial charge in [0.15, 0.2) is 0 Å². The highest BCUT2D eigenvalue weighted by atomic mass is 79.9. The first-order valence-corrected chi connectivity index (χ1v) is 7.26. The van der Waals surface area contributed by atoms with Gasteiger partial charge in [0.1, 0.15) is 0 Å². The molecule has 0 aliphatic heterocycles. The molecule has 0 heterocycles. The van der Waals surface area contributed by atoms with Crippen molar-refractivity contribution >= 4 is 45.1 Å². The molecule has 1 N–H and O–H groups in total. The predicted molar refractivity (Wildman–Crippen MR) is 77.9 cm³/mol. The van der Waals surface area contributed by atoms with Crippen LogP contribution in [0.25, 0.3) is 0 Å². The van der Waals surface area contributed by atoms with Gasteiger partial charge in [0, 0.05) is 27.1 Å². The van der Waals surface area contributed by atoms with E-state index in [1.165, 1.54) is 0 Å². The van der Waals surface area contributed by atoms with E-state index in [1.807, 2.05) is 0 Å². The molecule has 1 aromatic rings. The molecule has 0 bridgehead atoms. The third-order valence-electron chi connectivity index (χ3n) is 3.25. The van der Waals surface area contributed by atoms with Crippen LogP contribution in [-0.4, -0.2) is 11.9 Å². The number of amides is 1. The summed E-state index contributed by atoms with van der Waals surface area (Å²) in [4.78, 5) is 23.3. The first-order valence-electron chi connectivity index (χ1n) is 6.09. The zero-order valence-electron chi connectivity index (χ0n) is 10.4. The SMILES string of the molecule is O=C(Nc1ccc(Br)cc1)[C@H]1CC(Cl)=CC[C@H]1C(=O)[O-]. The van der Waals surface area contributed by atoms with E-state index in [4.69, 9.17) is 11.6 Å². The van der Waals surface area contributed by atoms with Crippen molar-refractivity contribution in [3.63, 3.8) is 0 Å². The fourth-order valence-corrected chi connectivity index (χ4v) is 2.68. The van der Waals surface area contributed by atoms with E-state index in [2.05, 4.69) is 21.2 Å².